The number of benzene rings is 2. The molecule has 0 spiro atoms. The van der Waals surface area contributed by atoms with Crippen molar-refractivity contribution in [2.45, 2.75) is 13.5 Å². The van der Waals surface area contributed by atoms with Crippen LogP contribution in [0.4, 0.5) is 0 Å². The number of carbonyl (C=O) groups excluding carboxylic acids is 1. The van der Waals surface area contributed by atoms with Crippen molar-refractivity contribution in [3.63, 3.8) is 0 Å². The summed E-state index contributed by atoms with van der Waals surface area (Å²) in [7, 11) is 0. The number of hydrogen-bond donors (Lipinski definition) is 2. The first-order valence-corrected chi connectivity index (χ1v) is 9.29. The summed E-state index contributed by atoms with van der Waals surface area (Å²) in [5, 5.41) is 16.0. The van der Waals surface area contributed by atoms with E-state index in [1.54, 1.807) is 10.9 Å². The van der Waals surface area contributed by atoms with Gasteiger partial charge in [-0.1, -0.05) is 28.1 Å². The van der Waals surface area contributed by atoms with E-state index in [1.807, 2.05) is 55.5 Å². The molecule has 27 heavy (non-hydrogen) atoms. The molecule has 6 nitrogen and oxygen atoms in total. The van der Waals surface area contributed by atoms with Gasteiger partial charge in [-0.3, -0.25) is 4.79 Å². The number of aromatic nitrogens is 2. The number of nitrogens with zero attached hydrogens (tertiary/aromatic N) is 2. The van der Waals surface area contributed by atoms with Crippen LogP contribution >= 0.6 is 15.9 Å². The molecular formula is C20H20BrN3O3. The fourth-order valence-corrected chi connectivity index (χ4v) is 2.88. The molecule has 0 saturated heterocycles. The van der Waals surface area contributed by atoms with Crippen LogP contribution in [0.2, 0.25) is 0 Å². The average molecular weight is 430 g/mol. The third-order valence-electron chi connectivity index (χ3n) is 4.06. The summed E-state index contributed by atoms with van der Waals surface area (Å²) in [4.78, 5) is 12.5. The highest BCUT2D eigenvalue weighted by molar-refractivity contribution is 9.10. The fraction of sp³-hybridized carbons (Fsp3) is 0.200. The van der Waals surface area contributed by atoms with Gasteiger partial charge in [-0.05, 0) is 48.9 Å². The van der Waals surface area contributed by atoms with Crippen molar-refractivity contribution in [2.24, 2.45) is 0 Å². The molecule has 0 aliphatic heterocycles. The third-order valence-corrected chi connectivity index (χ3v) is 4.59. The lowest BCUT2D eigenvalue weighted by molar-refractivity contribution is 0.0950. The minimum Gasteiger partial charge on any atom is -0.491 e. The average Bonchev–Trinajstić information content (AvgIpc) is 3.07. The third kappa shape index (κ3) is 4.75. The molecule has 140 valence electrons. The van der Waals surface area contributed by atoms with Crippen LogP contribution in [0.1, 0.15) is 21.6 Å². The Bertz CT molecular complexity index is 905. The summed E-state index contributed by atoms with van der Waals surface area (Å²) in [6.45, 7) is 2.52. The molecule has 0 fully saturated rings. The second-order valence-corrected chi connectivity index (χ2v) is 6.85. The van der Waals surface area contributed by atoms with Gasteiger partial charge in [-0.2, -0.15) is 5.10 Å². The van der Waals surface area contributed by atoms with Crippen LogP contribution in [0.3, 0.4) is 0 Å². The van der Waals surface area contributed by atoms with Crippen LogP contribution in [0, 0.1) is 6.92 Å². The molecule has 0 radical (unpaired) electrons. The summed E-state index contributed by atoms with van der Waals surface area (Å²) >= 11 is 3.41. The molecule has 0 atom stereocenters. The summed E-state index contributed by atoms with van der Waals surface area (Å²) in [5.74, 6) is 0.516. The largest absolute Gasteiger partial charge is 0.491 e. The van der Waals surface area contributed by atoms with Gasteiger partial charge in [0.2, 0.25) is 0 Å². The molecular weight excluding hydrogens is 410 g/mol. The maximum absolute atomic E-state index is 12.5. The van der Waals surface area contributed by atoms with E-state index in [9.17, 15) is 4.79 Å². The first kappa shape index (κ1) is 19.1. The lowest BCUT2D eigenvalue weighted by Gasteiger charge is -2.08. The van der Waals surface area contributed by atoms with Gasteiger partial charge >= 0.3 is 0 Å². The number of rotatable bonds is 7. The quantitative estimate of drug-likeness (QED) is 0.604. The maximum atomic E-state index is 12.5. The van der Waals surface area contributed by atoms with E-state index in [0.717, 1.165) is 21.4 Å². The fourth-order valence-electron chi connectivity index (χ4n) is 2.62. The zero-order chi connectivity index (χ0) is 19.2. The molecule has 0 bridgehead atoms. The second-order valence-electron chi connectivity index (χ2n) is 5.93. The molecule has 0 unspecified atom stereocenters. The maximum Gasteiger partial charge on any atom is 0.255 e. The standard InChI is InChI=1S/C20H20BrN3O3/c1-14-19(13-23-24(14)17-6-4-16(21)5-7-17)20(26)22-12-15-2-8-18(9-3-15)27-11-10-25/h2-9,13,25H,10-12H2,1H3,(H,22,26). The Morgan fingerprint density at radius 3 is 2.56 bits per heavy atom. The van der Waals surface area contributed by atoms with Gasteiger partial charge in [0.05, 0.1) is 29.7 Å². The van der Waals surface area contributed by atoms with Crippen LogP contribution in [-0.4, -0.2) is 34.0 Å². The van der Waals surface area contributed by atoms with Gasteiger partial charge in [0.15, 0.2) is 0 Å². The highest BCUT2D eigenvalue weighted by Gasteiger charge is 2.15. The first-order chi connectivity index (χ1) is 13.1. The molecule has 0 saturated carbocycles. The van der Waals surface area contributed by atoms with Gasteiger partial charge in [0.25, 0.3) is 5.91 Å². The second kappa shape index (κ2) is 8.83. The lowest BCUT2D eigenvalue weighted by Crippen LogP contribution is -2.23. The molecule has 2 N–H and O–H groups in total. The highest BCUT2D eigenvalue weighted by Crippen LogP contribution is 2.17. The van der Waals surface area contributed by atoms with Crippen LogP contribution in [-0.2, 0) is 6.54 Å². The molecule has 3 aromatic rings. The van der Waals surface area contributed by atoms with Gasteiger partial charge in [0.1, 0.15) is 12.4 Å². The number of nitrogens with one attached hydrogen (secondary N) is 1. The van der Waals surface area contributed by atoms with Crippen molar-refractivity contribution in [3.8, 4) is 11.4 Å². The van der Waals surface area contributed by atoms with E-state index in [0.29, 0.717) is 17.9 Å². The van der Waals surface area contributed by atoms with Gasteiger partial charge in [0, 0.05) is 11.0 Å². The SMILES string of the molecule is Cc1c(C(=O)NCc2ccc(OCCO)cc2)cnn1-c1ccc(Br)cc1. The minimum absolute atomic E-state index is 0.0227. The zero-order valence-electron chi connectivity index (χ0n) is 14.9. The number of halogens is 1. The topological polar surface area (TPSA) is 76.4 Å². The van der Waals surface area contributed by atoms with Crippen molar-refractivity contribution in [1.29, 1.82) is 0 Å². The Balaban J connectivity index is 1.64. The number of carbonyl (C=O) groups is 1. The van der Waals surface area contributed by atoms with E-state index in [1.165, 1.54) is 0 Å². The Morgan fingerprint density at radius 1 is 1.19 bits per heavy atom. The number of amides is 1. The molecule has 1 heterocycles. The van der Waals surface area contributed by atoms with Crippen molar-refractivity contribution >= 4 is 21.8 Å². The molecule has 2 aromatic carbocycles. The molecule has 0 aliphatic carbocycles. The lowest BCUT2D eigenvalue weighted by atomic mass is 10.2. The van der Waals surface area contributed by atoms with Crippen LogP contribution < -0.4 is 10.1 Å². The molecule has 1 aromatic heterocycles. The normalized spacial score (nSPS) is 10.6. The minimum atomic E-state index is -0.170. The Labute approximate surface area is 165 Å². The summed E-state index contributed by atoms with van der Waals surface area (Å²) in [6, 6.07) is 15.1. The first-order valence-electron chi connectivity index (χ1n) is 8.50. The van der Waals surface area contributed by atoms with E-state index in [2.05, 4.69) is 26.3 Å². The highest BCUT2D eigenvalue weighted by atomic mass is 79.9. The van der Waals surface area contributed by atoms with Crippen molar-refractivity contribution in [1.82, 2.24) is 15.1 Å². The van der Waals surface area contributed by atoms with Gasteiger partial charge in [-0.15, -0.1) is 0 Å². The number of ether oxygens (including phenoxy) is 1. The zero-order valence-corrected chi connectivity index (χ0v) is 16.4. The summed E-state index contributed by atoms with van der Waals surface area (Å²) < 4.78 is 8.05. The number of aliphatic hydroxyl groups is 1. The Kier molecular flexibility index (Phi) is 6.26. The molecule has 0 aliphatic rings. The smallest absolute Gasteiger partial charge is 0.255 e. The van der Waals surface area contributed by atoms with Crippen molar-refractivity contribution in [2.75, 3.05) is 13.2 Å². The van der Waals surface area contributed by atoms with Crippen LogP contribution in [0.5, 0.6) is 5.75 Å². The van der Waals surface area contributed by atoms with Gasteiger partial charge < -0.3 is 15.2 Å². The monoisotopic (exact) mass is 429 g/mol. The predicted octanol–water partition coefficient (Wildman–Crippen LogP) is 3.24. The summed E-state index contributed by atoms with van der Waals surface area (Å²) in [6.07, 6.45) is 1.58. The van der Waals surface area contributed by atoms with Gasteiger partial charge in [-0.25, -0.2) is 4.68 Å². The Morgan fingerprint density at radius 2 is 1.89 bits per heavy atom. The molecule has 1 amide bonds. The number of hydrogen-bond acceptors (Lipinski definition) is 4. The van der Waals surface area contributed by atoms with Crippen molar-refractivity contribution < 1.29 is 14.6 Å². The number of aliphatic hydroxyl groups excluding tert-OH is 1. The van der Waals surface area contributed by atoms with E-state index < -0.39 is 0 Å². The predicted molar refractivity (Wildman–Crippen MR) is 106 cm³/mol. The Hall–Kier alpha value is -2.64. The van der Waals surface area contributed by atoms with E-state index >= 15 is 0 Å². The molecule has 7 heteroatoms. The molecule has 3 rings (SSSR count). The van der Waals surface area contributed by atoms with Crippen LogP contribution in [0.25, 0.3) is 5.69 Å². The van der Waals surface area contributed by atoms with Crippen molar-refractivity contribution in [3.05, 3.63) is 76.0 Å². The van der Waals surface area contributed by atoms with E-state index in [4.69, 9.17) is 9.84 Å². The summed E-state index contributed by atoms with van der Waals surface area (Å²) in [5.41, 5.74) is 3.18. The van der Waals surface area contributed by atoms with E-state index in [-0.39, 0.29) is 19.1 Å². The van der Waals surface area contributed by atoms with Crippen LogP contribution in [0.15, 0.2) is 59.2 Å².